The van der Waals surface area contributed by atoms with Crippen molar-refractivity contribution in [2.45, 2.75) is 39.5 Å². The van der Waals surface area contributed by atoms with Gasteiger partial charge in [-0.15, -0.1) is 0 Å². The molecule has 0 saturated carbocycles. The average molecular weight is 474 g/mol. The molecule has 0 bridgehead atoms. The first-order chi connectivity index (χ1) is 17.0. The van der Waals surface area contributed by atoms with Gasteiger partial charge in [-0.2, -0.15) is 0 Å². The summed E-state index contributed by atoms with van der Waals surface area (Å²) < 4.78 is 16.5. The molecule has 0 spiro atoms. The average Bonchev–Trinajstić information content (AvgIpc) is 3.36. The highest BCUT2D eigenvalue weighted by Crippen LogP contribution is 2.32. The van der Waals surface area contributed by atoms with Gasteiger partial charge in [-0.25, -0.2) is 0 Å². The van der Waals surface area contributed by atoms with Crippen LogP contribution in [-0.2, 0) is 24.3 Å². The molecule has 0 radical (unpaired) electrons. The van der Waals surface area contributed by atoms with E-state index >= 15 is 0 Å². The molecule has 8 heteroatoms. The number of carbonyl (C=O) groups is 2. The molecule has 5 rings (SSSR count). The Bertz CT molecular complexity index is 1260. The molecule has 2 aliphatic rings. The van der Waals surface area contributed by atoms with Crippen LogP contribution in [0.2, 0.25) is 0 Å². The molecule has 1 aromatic heterocycles. The number of aryl methyl sites for hydroxylation is 1. The molecule has 0 saturated heterocycles. The number of hydrogen-bond donors (Lipinski definition) is 1. The van der Waals surface area contributed by atoms with Crippen molar-refractivity contribution in [2.75, 3.05) is 13.3 Å². The van der Waals surface area contributed by atoms with Crippen LogP contribution in [-0.4, -0.2) is 41.1 Å². The molecule has 0 unspecified atom stereocenters. The van der Waals surface area contributed by atoms with Gasteiger partial charge in [0.25, 0.3) is 11.8 Å². The van der Waals surface area contributed by atoms with Gasteiger partial charge in [-0.05, 0) is 67.3 Å². The molecule has 2 aliphatic heterocycles. The molecular formula is C27H27N3O5. The van der Waals surface area contributed by atoms with Crippen LogP contribution in [0.3, 0.4) is 0 Å². The number of amides is 2. The van der Waals surface area contributed by atoms with E-state index in [4.69, 9.17) is 14.2 Å². The number of hydrogen-bond acceptors (Lipinski definition) is 6. The number of pyridine rings is 1. The van der Waals surface area contributed by atoms with Crippen molar-refractivity contribution in [3.8, 4) is 17.2 Å². The maximum Gasteiger partial charge on any atom is 0.263 e. The number of carbonyl (C=O) groups excluding carboxylic acids is 2. The molecule has 180 valence electrons. The second-order valence-corrected chi connectivity index (χ2v) is 8.66. The quantitative estimate of drug-likeness (QED) is 0.590. The van der Waals surface area contributed by atoms with Crippen LogP contribution in [0.4, 0.5) is 0 Å². The zero-order valence-electron chi connectivity index (χ0n) is 19.7. The Kier molecular flexibility index (Phi) is 6.27. The van der Waals surface area contributed by atoms with E-state index in [2.05, 4.69) is 10.3 Å². The van der Waals surface area contributed by atoms with Gasteiger partial charge in [0.05, 0.1) is 0 Å². The van der Waals surface area contributed by atoms with Crippen molar-refractivity contribution in [2.24, 2.45) is 0 Å². The summed E-state index contributed by atoms with van der Waals surface area (Å²) in [5.41, 5.74) is 4.51. The maximum atomic E-state index is 13.0. The topological polar surface area (TPSA) is 90.0 Å². The van der Waals surface area contributed by atoms with Crippen LogP contribution in [0, 0.1) is 6.92 Å². The maximum absolute atomic E-state index is 13.0. The Morgan fingerprint density at radius 2 is 1.94 bits per heavy atom. The van der Waals surface area contributed by atoms with Crippen LogP contribution >= 0.6 is 0 Å². The van der Waals surface area contributed by atoms with E-state index in [-0.39, 0.29) is 18.6 Å². The largest absolute Gasteiger partial charge is 0.481 e. The van der Waals surface area contributed by atoms with E-state index in [1.54, 1.807) is 25.1 Å². The number of nitrogens with one attached hydrogen (secondary N) is 1. The lowest BCUT2D eigenvalue weighted by Gasteiger charge is -2.32. The normalized spacial score (nSPS) is 14.7. The molecule has 1 atom stereocenters. The van der Waals surface area contributed by atoms with Crippen LogP contribution < -0.4 is 19.5 Å². The fourth-order valence-electron chi connectivity index (χ4n) is 4.46. The summed E-state index contributed by atoms with van der Waals surface area (Å²) in [4.78, 5) is 32.1. The second-order valence-electron chi connectivity index (χ2n) is 8.66. The summed E-state index contributed by atoms with van der Waals surface area (Å²) in [6.07, 6.45) is 1.94. The smallest absolute Gasteiger partial charge is 0.263 e. The molecule has 0 fully saturated rings. The van der Waals surface area contributed by atoms with Gasteiger partial charge in [0, 0.05) is 37.1 Å². The molecule has 35 heavy (non-hydrogen) atoms. The van der Waals surface area contributed by atoms with Crippen LogP contribution in [0.1, 0.15) is 39.7 Å². The van der Waals surface area contributed by atoms with Gasteiger partial charge in [-0.3, -0.25) is 14.6 Å². The summed E-state index contributed by atoms with van der Waals surface area (Å²) in [5.74, 6) is 1.63. The van der Waals surface area contributed by atoms with Crippen LogP contribution in [0.5, 0.6) is 17.2 Å². The van der Waals surface area contributed by atoms with Crippen molar-refractivity contribution in [1.82, 2.24) is 15.2 Å². The Balaban J connectivity index is 1.25. The van der Waals surface area contributed by atoms with E-state index in [9.17, 15) is 9.59 Å². The van der Waals surface area contributed by atoms with Gasteiger partial charge < -0.3 is 24.4 Å². The number of aromatic nitrogens is 1. The predicted molar refractivity (Wildman–Crippen MR) is 128 cm³/mol. The van der Waals surface area contributed by atoms with E-state index in [1.165, 1.54) is 0 Å². The summed E-state index contributed by atoms with van der Waals surface area (Å²) in [7, 11) is 0. The third kappa shape index (κ3) is 4.77. The molecule has 0 aliphatic carbocycles. The van der Waals surface area contributed by atoms with E-state index in [0.29, 0.717) is 48.9 Å². The first-order valence-corrected chi connectivity index (χ1v) is 11.6. The lowest BCUT2D eigenvalue weighted by atomic mass is 9.94. The van der Waals surface area contributed by atoms with Crippen molar-refractivity contribution in [3.05, 3.63) is 82.7 Å². The SMILES string of the molecule is Cc1ncc2c(c1CNC(=O)c1ccc3c(c1)OCO3)CCN(C(=O)[C@@H](C)Oc1ccccc1)C2. The molecule has 3 aromatic rings. The van der Waals surface area contributed by atoms with E-state index in [0.717, 1.165) is 22.4 Å². The number of benzene rings is 2. The third-order valence-corrected chi connectivity index (χ3v) is 6.37. The Morgan fingerprint density at radius 1 is 1.14 bits per heavy atom. The molecule has 2 aromatic carbocycles. The number of fused-ring (bicyclic) bond motifs is 2. The fraction of sp³-hybridized carbons (Fsp3) is 0.296. The Hall–Kier alpha value is -4.07. The standard InChI is InChI=1S/C27H27N3O5/c1-17-23(14-29-26(31)19-8-9-24-25(12-19)34-16-33-24)22-10-11-30(15-20(22)13-28-17)27(32)18(2)35-21-6-4-3-5-7-21/h3-9,12-13,18H,10-11,14-16H2,1-2H3,(H,29,31)/t18-/m1/s1. The second kappa shape index (κ2) is 9.66. The molecule has 2 amide bonds. The molecule has 3 heterocycles. The zero-order chi connectivity index (χ0) is 24.4. The minimum atomic E-state index is -0.585. The lowest BCUT2D eigenvalue weighted by molar-refractivity contribution is -0.138. The fourth-order valence-corrected chi connectivity index (χ4v) is 4.46. The number of para-hydroxylation sites is 1. The number of ether oxygens (including phenoxy) is 3. The third-order valence-electron chi connectivity index (χ3n) is 6.37. The highest BCUT2D eigenvalue weighted by atomic mass is 16.7. The van der Waals surface area contributed by atoms with Crippen LogP contribution in [0.15, 0.2) is 54.7 Å². The van der Waals surface area contributed by atoms with E-state index < -0.39 is 6.10 Å². The van der Waals surface area contributed by atoms with Crippen molar-refractivity contribution < 1.29 is 23.8 Å². The summed E-state index contributed by atoms with van der Waals surface area (Å²) in [5, 5.41) is 3.00. The summed E-state index contributed by atoms with van der Waals surface area (Å²) in [6.45, 7) is 5.29. The van der Waals surface area contributed by atoms with Gasteiger partial charge in [0.15, 0.2) is 17.6 Å². The zero-order valence-corrected chi connectivity index (χ0v) is 19.7. The summed E-state index contributed by atoms with van der Waals surface area (Å²) in [6, 6.07) is 14.5. The number of rotatable bonds is 6. The van der Waals surface area contributed by atoms with Gasteiger partial charge in [0.1, 0.15) is 5.75 Å². The minimum Gasteiger partial charge on any atom is -0.481 e. The van der Waals surface area contributed by atoms with Gasteiger partial charge >= 0.3 is 0 Å². The highest BCUT2D eigenvalue weighted by Gasteiger charge is 2.28. The Labute approximate surface area is 203 Å². The molecule has 8 nitrogen and oxygen atoms in total. The molecular weight excluding hydrogens is 446 g/mol. The van der Waals surface area contributed by atoms with Crippen LogP contribution in [0.25, 0.3) is 0 Å². The summed E-state index contributed by atoms with van der Waals surface area (Å²) >= 11 is 0. The van der Waals surface area contributed by atoms with Crippen molar-refractivity contribution in [3.63, 3.8) is 0 Å². The van der Waals surface area contributed by atoms with E-state index in [1.807, 2.05) is 48.4 Å². The van der Waals surface area contributed by atoms with Gasteiger partial charge in [0.2, 0.25) is 6.79 Å². The first kappa shape index (κ1) is 22.7. The first-order valence-electron chi connectivity index (χ1n) is 11.6. The predicted octanol–water partition coefficient (Wildman–Crippen LogP) is 3.40. The van der Waals surface area contributed by atoms with Crippen molar-refractivity contribution in [1.29, 1.82) is 0 Å². The monoisotopic (exact) mass is 473 g/mol. The Morgan fingerprint density at radius 3 is 2.77 bits per heavy atom. The number of nitrogens with zero attached hydrogens (tertiary/aromatic N) is 2. The lowest BCUT2D eigenvalue weighted by Crippen LogP contribution is -2.43. The molecule has 1 N–H and O–H groups in total. The van der Waals surface area contributed by atoms with Gasteiger partial charge in [-0.1, -0.05) is 18.2 Å². The van der Waals surface area contributed by atoms with Crippen molar-refractivity contribution >= 4 is 11.8 Å². The minimum absolute atomic E-state index is 0.0576. The highest BCUT2D eigenvalue weighted by molar-refractivity contribution is 5.95.